The van der Waals surface area contributed by atoms with E-state index in [1.54, 1.807) is 27.0 Å². The molecule has 5 rings (SSSR count). The van der Waals surface area contributed by atoms with Crippen molar-refractivity contribution in [2.24, 2.45) is 23.2 Å². The number of hydrogen-bond acceptors (Lipinski definition) is 7. The zero-order chi connectivity index (χ0) is 29.4. The normalized spacial score (nSPS) is 26.8. The number of ether oxygens (including phenoxy) is 2. The lowest BCUT2D eigenvalue weighted by Gasteiger charge is -2.51. The highest BCUT2D eigenvalue weighted by Gasteiger charge is 2.54. The Hall–Kier alpha value is -2.94. The molecule has 2 fully saturated rings. The molecule has 222 valence electrons. The Kier molecular flexibility index (Phi) is 8.46. The van der Waals surface area contributed by atoms with Gasteiger partial charge in [-0.05, 0) is 125 Å². The Morgan fingerprint density at radius 1 is 1.15 bits per heavy atom. The summed E-state index contributed by atoms with van der Waals surface area (Å²) >= 11 is 1.52. The highest BCUT2D eigenvalue weighted by Crippen LogP contribution is 2.63. The van der Waals surface area contributed by atoms with Crippen molar-refractivity contribution in [1.82, 2.24) is 10.3 Å². The number of aryl methyl sites for hydroxylation is 2. The van der Waals surface area contributed by atoms with Crippen LogP contribution in [0.15, 0.2) is 24.4 Å². The molecule has 3 aliphatic rings. The molecule has 8 nitrogen and oxygen atoms in total. The first-order valence-electron chi connectivity index (χ1n) is 14.9. The van der Waals surface area contributed by atoms with E-state index in [-0.39, 0.29) is 12.5 Å². The van der Waals surface area contributed by atoms with Gasteiger partial charge in [0.1, 0.15) is 17.9 Å². The summed E-state index contributed by atoms with van der Waals surface area (Å²) in [5, 5.41) is 6.13. The van der Waals surface area contributed by atoms with Crippen molar-refractivity contribution in [2.75, 3.05) is 11.9 Å². The van der Waals surface area contributed by atoms with Crippen LogP contribution < -0.4 is 15.4 Å². The van der Waals surface area contributed by atoms with Crippen molar-refractivity contribution in [2.45, 2.75) is 97.5 Å². The predicted molar refractivity (Wildman–Crippen MR) is 159 cm³/mol. The van der Waals surface area contributed by atoms with Crippen LogP contribution in [0, 0.1) is 30.1 Å². The van der Waals surface area contributed by atoms with Gasteiger partial charge < -0.3 is 20.1 Å². The van der Waals surface area contributed by atoms with Gasteiger partial charge in [0, 0.05) is 17.5 Å². The van der Waals surface area contributed by atoms with Gasteiger partial charge in [-0.25, -0.2) is 14.6 Å². The van der Waals surface area contributed by atoms with Gasteiger partial charge in [-0.1, -0.05) is 13.0 Å². The smallest absolute Gasteiger partial charge is 0.408 e. The molecule has 41 heavy (non-hydrogen) atoms. The number of nitrogens with one attached hydrogen (secondary N) is 2. The topological polar surface area (TPSA) is 107 Å². The maximum atomic E-state index is 12.7. The van der Waals surface area contributed by atoms with E-state index in [9.17, 15) is 14.4 Å². The second kappa shape index (κ2) is 11.7. The second-order valence-electron chi connectivity index (χ2n) is 13.4. The molecular formula is C32H43N3O5S. The van der Waals surface area contributed by atoms with Crippen molar-refractivity contribution in [3.63, 3.8) is 0 Å². The number of benzene rings is 1. The number of carbonyl (C=O) groups excluding carboxylic acids is 3. The SMILES string of the molecule is Cc1cnc(NC(=O)CCC2CCC3(C)CCC4c5ccc(OC(=O)CNC(=O)OC(C)(C)C)cc5CCC4C23)s1. The van der Waals surface area contributed by atoms with Crippen molar-refractivity contribution >= 4 is 34.4 Å². The minimum Gasteiger partial charge on any atom is -0.444 e. The molecule has 0 saturated heterocycles. The summed E-state index contributed by atoms with van der Waals surface area (Å²) in [4.78, 5) is 42.3. The molecule has 5 unspecified atom stereocenters. The maximum absolute atomic E-state index is 12.7. The molecule has 3 aliphatic carbocycles. The second-order valence-corrected chi connectivity index (χ2v) is 14.6. The van der Waals surface area contributed by atoms with Crippen LogP contribution in [0.4, 0.5) is 9.93 Å². The minimum atomic E-state index is -0.643. The van der Waals surface area contributed by atoms with Crippen LogP contribution in [0.25, 0.3) is 0 Å². The first kappa shape index (κ1) is 29.5. The standard InChI is InChI=1S/C32H43N3O5S/c1-19-17-33-29(41-19)35-26(36)11-7-20-12-14-32(5)15-13-24-23-10-8-22(16-21(23)6-9-25(24)28(20)32)39-27(37)18-34-30(38)40-31(2,3)4/h8,10,16-17,20,24-25,28H,6-7,9,11-15,18H2,1-5H3,(H,34,38)(H,33,35,36). The number of carbonyl (C=O) groups is 3. The zero-order valence-electron chi connectivity index (χ0n) is 24.9. The van der Waals surface area contributed by atoms with Crippen LogP contribution in [0.3, 0.4) is 0 Å². The van der Waals surface area contributed by atoms with Gasteiger partial charge in [0.05, 0.1) is 0 Å². The van der Waals surface area contributed by atoms with Gasteiger partial charge in [-0.3, -0.25) is 4.79 Å². The number of alkyl carbamates (subject to hydrolysis) is 1. The average Bonchev–Trinajstić information content (AvgIpc) is 3.46. The number of anilines is 1. The van der Waals surface area contributed by atoms with Crippen LogP contribution in [0.5, 0.6) is 5.75 Å². The molecule has 9 heteroatoms. The molecule has 0 spiro atoms. The Balaban J connectivity index is 1.20. The molecule has 0 radical (unpaired) electrons. The van der Waals surface area contributed by atoms with E-state index in [0.29, 0.717) is 46.4 Å². The fraction of sp³-hybridized carbons (Fsp3) is 0.625. The van der Waals surface area contributed by atoms with Gasteiger partial charge >= 0.3 is 12.1 Å². The minimum absolute atomic E-state index is 0.0673. The quantitative estimate of drug-likeness (QED) is 0.276. The first-order valence-corrected chi connectivity index (χ1v) is 15.7. The van der Waals surface area contributed by atoms with Gasteiger partial charge in [0.15, 0.2) is 5.13 Å². The number of nitrogens with zero attached hydrogens (tertiary/aromatic N) is 1. The monoisotopic (exact) mass is 581 g/mol. The number of esters is 1. The van der Waals surface area contributed by atoms with Crippen LogP contribution >= 0.6 is 11.3 Å². The Morgan fingerprint density at radius 2 is 1.93 bits per heavy atom. The highest BCUT2D eigenvalue weighted by atomic mass is 32.1. The molecular weight excluding hydrogens is 538 g/mol. The number of aromatic nitrogens is 1. The third-order valence-electron chi connectivity index (χ3n) is 9.28. The fourth-order valence-corrected chi connectivity index (χ4v) is 8.39. The molecule has 5 atom stereocenters. The van der Waals surface area contributed by atoms with Crippen LogP contribution in [-0.4, -0.2) is 35.1 Å². The highest BCUT2D eigenvalue weighted by molar-refractivity contribution is 7.15. The molecule has 2 saturated carbocycles. The number of hydrogen-bond donors (Lipinski definition) is 2. The summed E-state index contributed by atoms with van der Waals surface area (Å²) in [6.45, 7) is 9.54. The Labute approximate surface area is 247 Å². The molecule has 2 aromatic rings. The van der Waals surface area contributed by atoms with Crippen LogP contribution in [0.1, 0.15) is 94.6 Å². The summed E-state index contributed by atoms with van der Waals surface area (Å²) < 4.78 is 10.7. The largest absolute Gasteiger partial charge is 0.444 e. The summed E-state index contributed by atoms with van der Waals surface area (Å²) in [5.74, 6) is 2.36. The van der Waals surface area contributed by atoms with Crippen molar-refractivity contribution in [3.05, 3.63) is 40.4 Å². The Bertz CT molecular complexity index is 1300. The van der Waals surface area contributed by atoms with Gasteiger partial charge in [-0.15, -0.1) is 11.3 Å². The van der Waals surface area contributed by atoms with Crippen LogP contribution in [-0.2, 0) is 20.7 Å². The third-order valence-corrected chi connectivity index (χ3v) is 10.1. The Morgan fingerprint density at radius 3 is 2.66 bits per heavy atom. The van der Waals surface area contributed by atoms with Crippen molar-refractivity contribution in [1.29, 1.82) is 0 Å². The molecule has 0 bridgehead atoms. The third kappa shape index (κ3) is 6.93. The number of thiazole rings is 1. The number of rotatable bonds is 7. The van der Waals surface area contributed by atoms with E-state index in [1.165, 1.54) is 48.1 Å². The van der Waals surface area contributed by atoms with Gasteiger partial charge in [0.2, 0.25) is 5.91 Å². The van der Waals surface area contributed by atoms with E-state index in [4.69, 9.17) is 9.47 Å². The average molecular weight is 582 g/mol. The van der Waals surface area contributed by atoms with Gasteiger partial charge in [-0.2, -0.15) is 0 Å². The lowest BCUT2D eigenvalue weighted by Crippen LogP contribution is -2.42. The number of amides is 2. The lowest BCUT2D eigenvalue weighted by atomic mass is 9.54. The first-order chi connectivity index (χ1) is 19.4. The maximum Gasteiger partial charge on any atom is 0.408 e. The predicted octanol–water partition coefficient (Wildman–Crippen LogP) is 6.77. The molecule has 0 aliphatic heterocycles. The molecule has 2 amide bonds. The van der Waals surface area contributed by atoms with Crippen molar-refractivity contribution in [3.8, 4) is 5.75 Å². The van der Waals surface area contributed by atoms with Crippen molar-refractivity contribution < 1.29 is 23.9 Å². The van der Waals surface area contributed by atoms with E-state index >= 15 is 0 Å². The summed E-state index contributed by atoms with van der Waals surface area (Å²) in [6.07, 6.45) is 9.55. The van der Waals surface area contributed by atoms with Gasteiger partial charge in [0.25, 0.3) is 0 Å². The summed E-state index contributed by atoms with van der Waals surface area (Å²) in [7, 11) is 0. The molecule has 1 aromatic heterocycles. The summed E-state index contributed by atoms with van der Waals surface area (Å²) in [6, 6.07) is 6.03. The lowest BCUT2D eigenvalue weighted by molar-refractivity contribution is -0.133. The molecule has 1 heterocycles. The van der Waals surface area contributed by atoms with E-state index in [1.807, 2.05) is 19.1 Å². The zero-order valence-corrected chi connectivity index (χ0v) is 25.7. The molecule has 2 N–H and O–H groups in total. The van der Waals surface area contributed by atoms with Crippen LogP contribution in [0.2, 0.25) is 0 Å². The molecule has 1 aromatic carbocycles. The van der Waals surface area contributed by atoms with E-state index in [0.717, 1.165) is 24.1 Å². The number of fused-ring (bicyclic) bond motifs is 5. The summed E-state index contributed by atoms with van der Waals surface area (Å²) in [5.41, 5.74) is 2.36. The van der Waals surface area contributed by atoms with E-state index in [2.05, 4.69) is 28.6 Å². The fourth-order valence-electron chi connectivity index (χ4n) is 7.71. The van der Waals surface area contributed by atoms with E-state index < -0.39 is 17.7 Å².